The number of carbonyl (C=O) groups is 1. The van der Waals surface area contributed by atoms with Crippen LogP contribution in [0.3, 0.4) is 0 Å². The molecule has 6 nitrogen and oxygen atoms in total. The highest BCUT2D eigenvalue weighted by atomic mass is 32.2. The Balaban J connectivity index is 1.36. The number of nitrogens with zero attached hydrogens (tertiary/aromatic N) is 4. The second-order valence-electron chi connectivity index (χ2n) is 9.31. The second-order valence-corrected chi connectivity index (χ2v) is 11.5. The van der Waals surface area contributed by atoms with E-state index in [9.17, 15) is 9.90 Å². The molecule has 2 heterocycles. The Labute approximate surface area is 230 Å². The third-order valence-corrected chi connectivity index (χ3v) is 8.93. The Bertz CT molecular complexity index is 1590. The number of carbonyl (C=O) groups excluding carboxylic acids is 1. The van der Waals surface area contributed by atoms with Crippen LogP contribution in [0, 0.1) is 13.8 Å². The number of phenols is 1. The van der Waals surface area contributed by atoms with Crippen LogP contribution in [0.5, 0.6) is 5.75 Å². The van der Waals surface area contributed by atoms with Crippen LogP contribution in [0.4, 0.5) is 5.69 Å². The Hall–Kier alpha value is -3.75. The SMILES string of the molecule is Cc1ccc(-n2c(SCC(=O)N3c4ccccc4S[C@@H]4C=CC=C[C@@H]43)nnc2-c2ccccc2O)c(C)c1. The number of hydrogen-bond donors (Lipinski definition) is 1. The molecule has 38 heavy (non-hydrogen) atoms. The van der Waals surface area contributed by atoms with E-state index >= 15 is 0 Å². The van der Waals surface area contributed by atoms with Crippen molar-refractivity contribution in [1.29, 1.82) is 0 Å². The van der Waals surface area contributed by atoms with Gasteiger partial charge in [0, 0.05) is 4.90 Å². The molecular weight excluding hydrogens is 512 g/mol. The molecule has 3 aromatic carbocycles. The van der Waals surface area contributed by atoms with Crippen LogP contribution in [0.2, 0.25) is 0 Å². The fraction of sp³-hybridized carbons (Fsp3) is 0.167. The summed E-state index contributed by atoms with van der Waals surface area (Å²) in [5.74, 6) is 0.870. The van der Waals surface area contributed by atoms with Crippen LogP contribution < -0.4 is 4.90 Å². The summed E-state index contributed by atoms with van der Waals surface area (Å²) in [6.07, 6.45) is 8.32. The van der Waals surface area contributed by atoms with Crippen molar-refractivity contribution >= 4 is 35.1 Å². The summed E-state index contributed by atoms with van der Waals surface area (Å²) >= 11 is 3.15. The number of fused-ring (bicyclic) bond motifs is 2. The van der Waals surface area contributed by atoms with E-state index in [-0.39, 0.29) is 28.7 Å². The minimum Gasteiger partial charge on any atom is -0.507 e. The number of anilines is 1. The van der Waals surface area contributed by atoms with Gasteiger partial charge in [-0.3, -0.25) is 9.36 Å². The molecule has 190 valence electrons. The van der Waals surface area contributed by atoms with E-state index in [4.69, 9.17) is 0 Å². The molecule has 2 atom stereocenters. The fourth-order valence-electron chi connectivity index (χ4n) is 4.95. The maximum absolute atomic E-state index is 13.8. The summed E-state index contributed by atoms with van der Waals surface area (Å²) in [6, 6.07) is 21.3. The molecule has 0 fully saturated rings. The number of phenolic OH excluding ortho intramolecular Hbond substituents is 1. The van der Waals surface area contributed by atoms with Crippen LogP contribution in [0.25, 0.3) is 17.1 Å². The maximum atomic E-state index is 13.8. The summed E-state index contributed by atoms with van der Waals surface area (Å²) in [5, 5.41) is 20.3. The zero-order valence-corrected chi connectivity index (χ0v) is 22.6. The number of aromatic hydroxyl groups is 1. The predicted octanol–water partition coefficient (Wildman–Crippen LogP) is 6.35. The molecule has 2 aliphatic rings. The van der Waals surface area contributed by atoms with Crippen LogP contribution in [-0.4, -0.2) is 42.8 Å². The van der Waals surface area contributed by atoms with Gasteiger partial charge in [-0.1, -0.05) is 78.0 Å². The average molecular weight is 539 g/mol. The number of para-hydroxylation sites is 2. The van der Waals surface area contributed by atoms with Gasteiger partial charge in [0.1, 0.15) is 5.75 Å². The lowest BCUT2D eigenvalue weighted by atomic mass is 10.0. The molecular formula is C30H26N4O2S2. The van der Waals surface area contributed by atoms with E-state index in [1.165, 1.54) is 11.8 Å². The summed E-state index contributed by atoms with van der Waals surface area (Å²) in [6.45, 7) is 4.10. The largest absolute Gasteiger partial charge is 0.507 e. The Kier molecular flexibility index (Phi) is 6.59. The van der Waals surface area contributed by atoms with Crippen molar-refractivity contribution in [3.63, 3.8) is 0 Å². The van der Waals surface area contributed by atoms with Gasteiger partial charge < -0.3 is 10.0 Å². The van der Waals surface area contributed by atoms with Gasteiger partial charge in [-0.15, -0.1) is 22.0 Å². The molecule has 0 bridgehead atoms. The first kappa shape index (κ1) is 24.6. The lowest BCUT2D eigenvalue weighted by molar-refractivity contribution is -0.116. The molecule has 0 spiro atoms. The summed E-state index contributed by atoms with van der Waals surface area (Å²) in [4.78, 5) is 16.8. The third kappa shape index (κ3) is 4.44. The zero-order valence-electron chi connectivity index (χ0n) is 21.0. The lowest BCUT2D eigenvalue weighted by Gasteiger charge is -2.40. The van der Waals surface area contributed by atoms with E-state index in [0.29, 0.717) is 16.5 Å². The highest BCUT2D eigenvalue weighted by Crippen LogP contribution is 2.44. The van der Waals surface area contributed by atoms with Crippen molar-refractivity contribution in [3.05, 3.63) is 102 Å². The van der Waals surface area contributed by atoms with Gasteiger partial charge in [0.2, 0.25) is 5.91 Å². The van der Waals surface area contributed by atoms with Crippen molar-refractivity contribution in [2.75, 3.05) is 10.7 Å². The number of amides is 1. The molecule has 6 rings (SSSR count). The fourth-order valence-corrected chi connectivity index (χ4v) is 7.01. The normalized spacial score (nSPS) is 17.8. The van der Waals surface area contributed by atoms with Gasteiger partial charge in [-0.25, -0.2) is 0 Å². The van der Waals surface area contributed by atoms with Gasteiger partial charge in [0.05, 0.1) is 34.0 Å². The first-order chi connectivity index (χ1) is 18.5. The first-order valence-corrected chi connectivity index (χ1v) is 14.2. The zero-order chi connectivity index (χ0) is 26.2. The number of allylic oxidation sites excluding steroid dienone is 2. The van der Waals surface area contributed by atoms with Crippen LogP contribution in [-0.2, 0) is 4.79 Å². The van der Waals surface area contributed by atoms with Gasteiger partial charge in [-0.05, 0) is 49.7 Å². The Morgan fingerprint density at radius 1 is 0.974 bits per heavy atom. The quantitative estimate of drug-likeness (QED) is 0.299. The molecule has 8 heteroatoms. The number of thioether (sulfide) groups is 2. The number of aryl methyl sites for hydroxylation is 2. The molecule has 1 aliphatic heterocycles. The van der Waals surface area contributed by atoms with E-state index in [2.05, 4.69) is 41.4 Å². The number of benzene rings is 3. The highest BCUT2D eigenvalue weighted by molar-refractivity contribution is 8.00. The number of aromatic nitrogens is 3. The van der Waals surface area contributed by atoms with Crippen molar-refractivity contribution < 1.29 is 9.90 Å². The average Bonchev–Trinajstić information content (AvgIpc) is 3.34. The maximum Gasteiger partial charge on any atom is 0.238 e. The minimum atomic E-state index is -0.0398. The summed E-state index contributed by atoms with van der Waals surface area (Å²) in [7, 11) is 0. The van der Waals surface area contributed by atoms with E-state index in [1.807, 2.05) is 71.0 Å². The van der Waals surface area contributed by atoms with E-state index in [0.717, 1.165) is 27.4 Å². The Morgan fingerprint density at radius 2 is 1.76 bits per heavy atom. The second kappa shape index (κ2) is 10.2. The molecule has 0 unspecified atom stereocenters. The first-order valence-electron chi connectivity index (χ1n) is 12.4. The minimum absolute atomic E-state index is 0.0111. The van der Waals surface area contributed by atoms with Crippen LogP contribution in [0.15, 0.2) is 101 Å². The van der Waals surface area contributed by atoms with E-state index in [1.54, 1.807) is 23.9 Å². The molecule has 1 aromatic heterocycles. The lowest BCUT2D eigenvalue weighted by Crippen LogP contribution is -2.48. The van der Waals surface area contributed by atoms with Crippen molar-refractivity contribution in [3.8, 4) is 22.8 Å². The summed E-state index contributed by atoms with van der Waals surface area (Å²) < 4.78 is 1.94. The Morgan fingerprint density at radius 3 is 2.61 bits per heavy atom. The molecule has 1 amide bonds. The van der Waals surface area contributed by atoms with E-state index < -0.39 is 0 Å². The number of rotatable bonds is 5. The molecule has 0 saturated heterocycles. The summed E-state index contributed by atoms with van der Waals surface area (Å²) in [5.41, 5.74) is 4.64. The van der Waals surface area contributed by atoms with Crippen molar-refractivity contribution in [2.45, 2.75) is 35.2 Å². The van der Waals surface area contributed by atoms with Crippen LogP contribution in [0.1, 0.15) is 11.1 Å². The van der Waals surface area contributed by atoms with Crippen molar-refractivity contribution in [1.82, 2.24) is 14.8 Å². The standard InChI is InChI=1S/C30H26N4O2S2/c1-19-15-16-22(20(2)17-19)34-29(21-9-3-6-12-25(21)35)31-32-30(34)37-18-28(36)33-23-10-4-7-13-26(23)38-27-14-8-5-11-24(27)33/h3-17,23,26,35H,18H2,1-2H3/t23-,26+/m0/s1. The smallest absolute Gasteiger partial charge is 0.238 e. The van der Waals surface area contributed by atoms with Crippen LogP contribution >= 0.6 is 23.5 Å². The van der Waals surface area contributed by atoms with Gasteiger partial charge >= 0.3 is 0 Å². The molecule has 4 aromatic rings. The molecule has 0 radical (unpaired) electrons. The van der Waals surface area contributed by atoms with Crippen molar-refractivity contribution in [2.24, 2.45) is 0 Å². The van der Waals surface area contributed by atoms with Gasteiger partial charge in [0.25, 0.3) is 0 Å². The highest BCUT2D eigenvalue weighted by Gasteiger charge is 2.36. The monoisotopic (exact) mass is 538 g/mol. The molecule has 1 aliphatic carbocycles. The van der Waals surface area contributed by atoms with Gasteiger partial charge in [-0.2, -0.15) is 0 Å². The molecule has 0 saturated carbocycles. The van der Waals surface area contributed by atoms with Gasteiger partial charge in [0.15, 0.2) is 11.0 Å². The number of hydrogen-bond acceptors (Lipinski definition) is 6. The molecule has 1 N–H and O–H groups in total. The third-order valence-electron chi connectivity index (χ3n) is 6.71. The topological polar surface area (TPSA) is 71.2 Å². The predicted molar refractivity (Wildman–Crippen MR) is 154 cm³/mol.